The lowest BCUT2D eigenvalue weighted by molar-refractivity contribution is -0.133. The van der Waals surface area contributed by atoms with Gasteiger partial charge in [0.05, 0.1) is 0 Å². The maximum absolute atomic E-state index is 12.5. The molecule has 1 heterocycles. The van der Waals surface area contributed by atoms with Crippen LogP contribution in [0.3, 0.4) is 0 Å². The van der Waals surface area contributed by atoms with Crippen LogP contribution in [0.15, 0.2) is 48.5 Å². The van der Waals surface area contributed by atoms with Gasteiger partial charge in [0.15, 0.2) is 6.61 Å². The van der Waals surface area contributed by atoms with E-state index in [4.69, 9.17) is 27.9 Å². The van der Waals surface area contributed by atoms with Crippen molar-refractivity contribution in [2.45, 2.75) is 5.37 Å². The molecular weight excluding hydrogens is 353 g/mol. The standard InChI is InChI=1S/C17H15Cl2NO2S/c18-13-4-6-15(7-5-13)22-11-16(21)20-8-9-23-17(20)12-2-1-3-14(19)10-12/h1-7,10,17H,8-9,11H2. The Morgan fingerprint density at radius 1 is 1.17 bits per heavy atom. The van der Waals surface area contributed by atoms with Crippen LogP contribution in [0.4, 0.5) is 0 Å². The van der Waals surface area contributed by atoms with Crippen molar-refractivity contribution in [3.05, 3.63) is 64.1 Å². The molecule has 1 fully saturated rings. The van der Waals surface area contributed by atoms with Crippen LogP contribution in [0, 0.1) is 0 Å². The van der Waals surface area contributed by atoms with E-state index in [0.717, 1.165) is 11.3 Å². The number of carbonyl (C=O) groups is 1. The van der Waals surface area contributed by atoms with Gasteiger partial charge >= 0.3 is 0 Å². The van der Waals surface area contributed by atoms with Gasteiger partial charge in [-0.15, -0.1) is 11.8 Å². The molecule has 0 aromatic heterocycles. The van der Waals surface area contributed by atoms with Crippen LogP contribution < -0.4 is 4.74 Å². The maximum Gasteiger partial charge on any atom is 0.261 e. The Bertz CT molecular complexity index is 693. The van der Waals surface area contributed by atoms with Gasteiger partial charge < -0.3 is 9.64 Å². The summed E-state index contributed by atoms with van der Waals surface area (Å²) in [4.78, 5) is 14.3. The van der Waals surface area contributed by atoms with E-state index in [2.05, 4.69) is 0 Å². The summed E-state index contributed by atoms with van der Waals surface area (Å²) in [6.07, 6.45) is 0. The molecule has 3 nitrogen and oxygen atoms in total. The van der Waals surface area contributed by atoms with E-state index in [9.17, 15) is 4.79 Å². The number of carbonyl (C=O) groups excluding carboxylic acids is 1. The molecule has 0 radical (unpaired) electrons. The van der Waals surface area contributed by atoms with Gasteiger partial charge in [-0.05, 0) is 42.0 Å². The normalized spacial score (nSPS) is 17.3. The highest BCUT2D eigenvalue weighted by atomic mass is 35.5. The van der Waals surface area contributed by atoms with E-state index >= 15 is 0 Å². The predicted octanol–water partition coefficient (Wildman–Crippen LogP) is 4.65. The van der Waals surface area contributed by atoms with Crippen LogP contribution in [0.25, 0.3) is 0 Å². The average molecular weight is 368 g/mol. The number of hydrogen-bond acceptors (Lipinski definition) is 3. The molecule has 1 aliphatic rings. The number of nitrogens with zero attached hydrogens (tertiary/aromatic N) is 1. The highest BCUT2D eigenvalue weighted by Crippen LogP contribution is 2.38. The highest BCUT2D eigenvalue weighted by molar-refractivity contribution is 7.99. The van der Waals surface area contributed by atoms with E-state index in [1.807, 2.05) is 29.2 Å². The number of amides is 1. The molecule has 0 N–H and O–H groups in total. The van der Waals surface area contributed by atoms with Crippen LogP contribution >= 0.6 is 35.0 Å². The Hall–Kier alpha value is -1.36. The monoisotopic (exact) mass is 367 g/mol. The Balaban J connectivity index is 1.65. The molecule has 1 unspecified atom stereocenters. The molecule has 2 aromatic carbocycles. The molecule has 3 rings (SSSR count). The SMILES string of the molecule is O=C(COc1ccc(Cl)cc1)N1CCSC1c1cccc(Cl)c1. The lowest BCUT2D eigenvalue weighted by Gasteiger charge is -2.24. The number of halogens is 2. The van der Waals surface area contributed by atoms with Crippen molar-refractivity contribution in [3.63, 3.8) is 0 Å². The van der Waals surface area contributed by atoms with Gasteiger partial charge in [0.2, 0.25) is 0 Å². The van der Waals surface area contributed by atoms with Gasteiger partial charge in [0.1, 0.15) is 11.1 Å². The highest BCUT2D eigenvalue weighted by Gasteiger charge is 2.30. The van der Waals surface area contributed by atoms with Crippen LogP contribution in [-0.4, -0.2) is 29.7 Å². The topological polar surface area (TPSA) is 29.5 Å². The van der Waals surface area contributed by atoms with Crippen molar-refractivity contribution in [1.29, 1.82) is 0 Å². The number of thioether (sulfide) groups is 1. The molecule has 0 bridgehead atoms. The van der Waals surface area contributed by atoms with Gasteiger partial charge in [-0.3, -0.25) is 4.79 Å². The fourth-order valence-electron chi connectivity index (χ4n) is 2.42. The molecule has 1 amide bonds. The fourth-order valence-corrected chi connectivity index (χ4v) is 4.01. The Morgan fingerprint density at radius 3 is 2.70 bits per heavy atom. The molecule has 0 saturated carbocycles. The van der Waals surface area contributed by atoms with Gasteiger partial charge in [-0.1, -0.05) is 35.3 Å². The lowest BCUT2D eigenvalue weighted by Crippen LogP contribution is -2.34. The van der Waals surface area contributed by atoms with Crippen molar-refractivity contribution in [1.82, 2.24) is 4.90 Å². The summed E-state index contributed by atoms with van der Waals surface area (Å²) in [5.74, 6) is 1.51. The Kier molecular flexibility index (Phi) is 5.36. The molecule has 1 aliphatic heterocycles. The zero-order valence-electron chi connectivity index (χ0n) is 12.2. The van der Waals surface area contributed by atoms with Crippen molar-refractivity contribution in [2.24, 2.45) is 0 Å². The number of benzene rings is 2. The summed E-state index contributed by atoms with van der Waals surface area (Å²) >= 11 is 13.6. The van der Waals surface area contributed by atoms with Gasteiger partial charge in [-0.2, -0.15) is 0 Å². The van der Waals surface area contributed by atoms with Crippen molar-refractivity contribution >= 4 is 40.9 Å². The maximum atomic E-state index is 12.5. The van der Waals surface area contributed by atoms with Crippen molar-refractivity contribution < 1.29 is 9.53 Å². The van der Waals surface area contributed by atoms with Gasteiger partial charge in [0.25, 0.3) is 5.91 Å². The first-order valence-corrected chi connectivity index (χ1v) is 8.99. The summed E-state index contributed by atoms with van der Waals surface area (Å²) in [5, 5.41) is 1.32. The largest absolute Gasteiger partial charge is 0.484 e. The third-order valence-electron chi connectivity index (χ3n) is 3.52. The summed E-state index contributed by atoms with van der Waals surface area (Å²) in [5.41, 5.74) is 1.04. The lowest BCUT2D eigenvalue weighted by atomic mass is 10.2. The van der Waals surface area contributed by atoms with E-state index in [1.54, 1.807) is 36.0 Å². The molecule has 1 atom stereocenters. The summed E-state index contributed by atoms with van der Waals surface area (Å²) in [7, 11) is 0. The van der Waals surface area contributed by atoms with Crippen molar-refractivity contribution in [2.75, 3.05) is 18.9 Å². The first-order chi connectivity index (χ1) is 11.1. The molecule has 0 spiro atoms. The zero-order chi connectivity index (χ0) is 16.2. The first kappa shape index (κ1) is 16.5. The van der Waals surface area contributed by atoms with E-state index in [0.29, 0.717) is 22.3 Å². The smallest absolute Gasteiger partial charge is 0.261 e. The molecular formula is C17H15Cl2NO2S. The fraction of sp³-hybridized carbons (Fsp3) is 0.235. The Morgan fingerprint density at radius 2 is 1.96 bits per heavy atom. The second-order valence-electron chi connectivity index (χ2n) is 5.11. The van der Waals surface area contributed by atoms with Crippen molar-refractivity contribution in [3.8, 4) is 5.75 Å². The minimum atomic E-state index is -0.0325. The van der Waals surface area contributed by atoms with Gasteiger partial charge in [0, 0.05) is 22.3 Å². The number of ether oxygens (including phenoxy) is 1. The first-order valence-electron chi connectivity index (χ1n) is 7.18. The quantitative estimate of drug-likeness (QED) is 0.787. The van der Waals surface area contributed by atoms with E-state index < -0.39 is 0 Å². The zero-order valence-corrected chi connectivity index (χ0v) is 14.6. The second-order valence-corrected chi connectivity index (χ2v) is 7.17. The molecule has 2 aromatic rings. The molecule has 6 heteroatoms. The number of rotatable bonds is 4. The molecule has 23 heavy (non-hydrogen) atoms. The average Bonchev–Trinajstić information content (AvgIpc) is 3.04. The molecule has 1 saturated heterocycles. The van der Waals surface area contributed by atoms with Crippen LogP contribution in [0.2, 0.25) is 10.0 Å². The minimum Gasteiger partial charge on any atom is -0.484 e. The third kappa shape index (κ3) is 4.14. The van der Waals surface area contributed by atoms with Crippen LogP contribution in [0.1, 0.15) is 10.9 Å². The predicted molar refractivity (Wildman–Crippen MR) is 95.3 cm³/mol. The summed E-state index contributed by atoms with van der Waals surface area (Å²) in [6.45, 7) is 0.726. The second kappa shape index (κ2) is 7.47. The third-order valence-corrected chi connectivity index (χ3v) is 5.27. The molecule has 0 aliphatic carbocycles. The molecule has 120 valence electrons. The Labute approximate surface area is 149 Å². The van der Waals surface area contributed by atoms with Gasteiger partial charge in [-0.25, -0.2) is 0 Å². The van der Waals surface area contributed by atoms with E-state index in [-0.39, 0.29) is 17.9 Å². The minimum absolute atomic E-state index is 0.00461. The van der Waals surface area contributed by atoms with E-state index in [1.165, 1.54) is 0 Å². The van der Waals surface area contributed by atoms with Crippen LogP contribution in [-0.2, 0) is 4.79 Å². The number of hydrogen-bond donors (Lipinski definition) is 0. The summed E-state index contributed by atoms with van der Waals surface area (Å²) in [6, 6.07) is 14.6. The summed E-state index contributed by atoms with van der Waals surface area (Å²) < 4.78 is 5.56. The van der Waals surface area contributed by atoms with Crippen LogP contribution in [0.5, 0.6) is 5.75 Å².